The van der Waals surface area contributed by atoms with Gasteiger partial charge >= 0.3 is 0 Å². The predicted octanol–water partition coefficient (Wildman–Crippen LogP) is 2.25. The lowest BCUT2D eigenvalue weighted by Gasteiger charge is -2.08. The second kappa shape index (κ2) is 4.94. The van der Waals surface area contributed by atoms with E-state index < -0.39 is 33.2 Å². The predicted molar refractivity (Wildman–Crippen MR) is 68.4 cm³/mol. The number of sulfonamides is 1. The zero-order chi connectivity index (χ0) is 15.1. The molecule has 2 aromatic rings. The smallest absolute Gasteiger partial charge is 0.273 e. The van der Waals surface area contributed by atoms with Gasteiger partial charge in [-0.25, -0.2) is 26.6 Å². The summed E-state index contributed by atoms with van der Waals surface area (Å²) in [7, 11) is -4.26. The van der Waals surface area contributed by atoms with Crippen LogP contribution in [0.15, 0.2) is 16.3 Å². The maximum absolute atomic E-state index is 13.4. The second-order valence-electron chi connectivity index (χ2n) is 3.77. The number of hydrogen-bond acceptors (Lipinski definition) is 5. The van der Waals surface area contributed by atoms with Crippen molar-refractivity contribution in [2.45, 2.75) is 11.1 Å². The van der Waals surface area contributed by atoms with Gasteiger partial charge < -0.3 is 5.73 Å². The molecule has 0 radical (unpaired) electrons. The van der Waals surface area contributed by atoms with Gasteiger partial charge in [-0.3, -0.25) is 4.72 Å². The van der Waals surface area contributed by atoms with E-state index in [2.05, 4.69) is 4.98 Å². The molecule has 0 amide bonds. The molecule has 0 aliphatic carbocycles. The summed E-state index contributed by atoms with van der Waals surface area (Å²) in [4.78, 5) is 3.71. The van der Waals surface area contributed by atoms with Crippen molar-refractivity contribution in [3.8, 4) is 0 Å². The fourth-order valence-electron chi connectivity index (χ4n) is 1.47. The van der Waals surface area contributed by atoms with Crippen LogP contribution in [0.4, 0.5) is 24.0 Å². The van der Waals surface area contributed by atoms with Gasteiger partial charge in [0.1, 0.15) is 11.5 Å². The molecule has 0 bridgehead atoms. The summed E-state index contributed by atoms with van der Waals surface area (Å²) in [6, 6.07) is 0.740. The number of benzene rings is 1. The molecule has 1 heterocycles. The van der Waals surface area contributed by atoms with E-state index in [9.17, 15) is 21.6 Å². The first-order chi connectivity index (χ1) is 9.20. The molecule has 0 unspecified atom stereocenters. The van der Waals surface area contributed by atoms with Gasteiger partial charge in [-0.15, -0.1) is 0 Å². The summed E-state index contributed by atoms with van der Waals surface area (Å²) in [5, 5.41) is 0.00271. The average molecular weight is 323 g/mol. The minimum Gasteiger partial charge on any atom is -0.375 e. The standard InChI is InChI=1S/C10H8F3N3O2S2/c1-4-9(19-10(14)15-4)20(17,18)16-8-6(12)2-5(11)3-7(8)13/h2-3,16H,1H3,(H2,14,15). The van der Waals surface area contributed by atoms with E-state index in [0.29, 0.717) is 23.5 Å². The first-order valence-corrected chi connectivity index (χ1v) is 7.41. The Kier molecular flexibility index (Phi) is 3.61. The largest absolute Gasteiger partial charge is 0.375 e. The molecule has 1 aromatic heterocycles. The van der Waals surface area contributed by atoms with Gasteiger partial charge in [0.25, 0.3) is 10.0 Å². The van der Waals surface area contributed by atoms with Gasteiger partial charge in [0, 0.05) is 12.1 Å². The number of thiazole rings is 1. The van der Waals surface area contributed by atoms with Crippen LogP contribution in [-0.4, -0.2) is 13.4 Å². The van der Waals surface area contributed by atoms with E-state index in [0.717, 1.165) is 0 Å². The molecule has 0 fully saturated rings. The second-order valence-corrected chi connectivity index (χ2v) is 6.68. The van der Waals surface area contributed by atoms with E-state index >= 15 is 0 Å². The van der Waals surface area contributed by atoms with Crippen LogP contribution in [-0.2, 0) is 10.0 Å². The van der Waals surface area contributed by atoms with Crippen molar-refractivity contribution in [3.05, 3.63) is 35.3 Å². The molecule has 20 heavy (non-hydrogen) atoms. The maximum Gasteiger partial charge on any atom is 0.273 e. The summed E-state index contributed by atoms with van der Waals surface area (Å²) in [5.74, 6) is -3.87. The first kappa shape index (κ1) is 14.6. The Bertz CT molecular complexity index is 751. The number of hydrogen-bond donors (Lipinski definition) is 2. The molecule has 0 saturated carbocycles. The molecule has 5 nitrogen and oxygen atoms in total. The number of aromatic nitrogens is 1. The Hall–Kier alpha value is -1.81. The minimum atomic E-state index is -4.26. The van der Waals surface area contributed by atoms with E-state index in [-0.39, 0.29) is 15.0 Å². The molecule has 1 aromatic carbocycles. The molecule has 2 rings (SSSR count). The molecular formula is C10H8F3N3O2S2. The summed E-state index contributed by atoms with van der Waals surface area (Å²) >= 11 is 0.653. The topological polar surface area (TPSA) is 85.1 Å². The average Bonchev–Trinajstić information content (AvgIpc) is 2.64. The number of nitrogens with zero attached hydrogens (tertiary/aromatic N) is 1. The molecule has 0 atom stereocenters. The van der Waals surface area contributed by atoms with Gasteiger partial charge in [0.05, 0.1) is 5.69 Å². The van der Waals surface area contributed by atoms with Crippen LogP contribution in [0, 0.1) is 24.4 Å². The Morgan fingerprint density at radius 1 is 1.25 bits per heavy atom. The molecular weight excluding hydrogens is 315 g/mol. The van der Waals surface area contributed by atoms with E-state index in [1.165, 1.54) is 6.92 Å². The number of nitrogen functional groups attached to an aromatic ring is 1. The molecule has 108 valence electrons. The number of halogens is 3. The summed E-state index contributed by atoms with van der Waals surface area (Å²) in [6.07, 6.45) is 0. The summed E-state index contributed by atoms with van der Waals surface area (Å²) in [6.45, 7) is 1.39. The summed E-state index contributed by atoms with van der Waals surface area (Å²) < 4.78 is 65.0. The number of anilines is 2. The fraction of sp³-hybridized carbons (Fsp3) is 0.100. The van der Waals surface area contributed by atoms with Crippen molar-refractivity contribution in [1.82, 2.24) is 4.98 Å². The first-order valence-electron chi connectivity index (χ1n) is 5.11. The Morgan fingerprint density at radius 2 is 1.80 bits per heavy atom. The number of nitrogens with one attached hydrogen (secondary N) is 1. The normalized spacial score (nSPS) is 11.6. The lowest BCUT2D eigenvalue weighted by atomic mass is 10.3. The molecule has 0 saturated heterocycles. The van der Waals surface area contributed by atoms with Crippen molar-refractivity contribution in [2.24, 2.45) is 0 Å². The van der Waals surface area contributed by atoms with Crippen molar-refractivity contribution in [3.63, 3.8) is 0 Å². The maximum atomic E-state index is 13.4. The van der Waals surface area contributed by atoms with Crippen LogP contribution in [0.2, 0.25) is 0 Å². The molecule has 10 heteroatoms. The molecule has 0 spiro atoms. The number of aryl methyl sites for hydroxylation is 1. The van der Waals surface area contributed by atoms with Crippen LogP contribution in [0.5, 0.6) is 0 Å². The highest BCUT2D eigenvalue weighted by atomic mass is 32.2. The van der Waals surface area contributed by atoms with Crippen LogP contribution >= 0.6 is 11.3 Å². The SMILES string of the molecule is Cc1nc(N)sc1S(=O)(=O)Nc1c(F)cc(F)cc1F. The van der Waals surface area contributed by atoms with Crippen molar-refractivity contribution < 1.29 is 21.6 Å². The van der Waals surface area contributed by atoms with Gasteiger partial charge in [-0.05, 0) is 6.92 Å². The lowest BCUT2D eigenvalue weighted by Crippen LogP contribution is -2.15. The highest BCUT2D eigenvalue weighted by molar-refractivity contribution is 7.94. The third-order valence-corrected chi connectivity index (χ3v) is 5.20. The van der Waals surface area contributed by atoms with Crippen LogP contribution in [0.1, 0.15) is 5.69 Å². The van der Waals surface area contributed by atoms with Crippen molar-refractivity contribution >= 4 is 32.2 Å². The third kappa shape index (κ3) is 2.70. The van der Waals surface area contributed by atoms with E-state index in [1.807, 2.05) is 0 Å². The fourth-order valence-corrected chi connectivity index (χ4v) is 3.85. The van der Waals surface area contributed by atoms with Gasteiger partial charge in [-0.1, -0.05) is 11.3 Å². The highest BCUT2D eigenvalue weighted by Gasteiger charge is 2.24. The van der Waals surface area contributed by atoms with E-state index in [4.69, 9.17) is 5.73 Å². The number of nitrogens with two attached hydrogens (primary N) is 1. The van der Waals surface area contributed by atoms with Gasteiger partial charge in [0.15, 0.2) is 21.0 Å². The van der Waals surface area contributed by atoms with Gasteiger partial charge in [-0.2, -0.15) is 0 Å². The number of rotatable bonds is 3. The molecule has 0 aliphatic rings. The quantitative estimate of drug-likeness (QED) is 0.907. The molecule has 0 aliphatic heterocycles. The van der Waals surface area contributed by atoms with Gasteiger partial charge in [0.2, 0.25) is 0 Å². The molecule has 3 N–H and O–H groups in total. The van der Waals surface area contributed by atoms with Crippen LogP contribution in [0.3, 0.4) is 0 Å². The Morgan fingerprint density at radius 3 is 2.25 bits per heavy atom. The zero-order valence-corrected chi connectivity index (χ0v) is 11.6. The van der Waals surface area contributed by atoms with Crippen molar-refractivity contribution in [1.29, 1.82) is 0 Å². The lowest BCUT2D eigenvalue weighted by molar-refractivity contribution is 0.547. The third-order valence-electron chi connectivity index (χ3n) is 2.26. The van der Waals surface area contributed by atoms with E-state index in [1.54, 1.807) is 4.72 Å². The monoisotopic (exact) mass is 323 g/mol. The van der Waals surface area contributed by atoms with Crippen LogP contribution in [0.25, 0.3) is 0 Å². The minimum absolute atomic E-state index is 0.00271. The Labute approximate surface area is 116 Å². The highest BCUT2D eigenvalue weighted by Crippen LogP contribution is 2.29. The Balaban J connectivity index is 2.46. The summed E-state index contributed by atoms with van der Waals surface area (Å²) in [5.41, 5.74) is 4.51. The zero-order valence-electron chi connectivity index (χ0n) is 9.95. The van der Waals surface area contributed by atoms with Crippen molar-refractivity contribution in [2.75, 3.05) is 10.5 Å². The van der Waals surface area contributed by atoms with Crippen LogP contribution < -0.4 is 10.5 Å².